The average Bonchev–Trinajstić information content (AvgIpc) is 2.73. The van der Waals surface area contributed by atoms with Gasteiger partial charge in [0.1, 0.15) is 0 Å². The number of rotatable bonds is 3. The minimum atomic E-state index is -0.722. The van der Waals surface area contributed by atoms with Crippen LogP contribution in [-0.4, -0.2) is 14.9 Å². The van der Waals surface area contributed by atoms with E-state index in [1.54, 1.807) is 6.20 Å². The number of aromatic nitrogens is 2. The van der Waals surface area contributed by atoms with Gasteiger partial charge in [0.2, 0.25) is 0 Å². The standard InChI is InChI=1S/C11H18N2O/c1-4-13-8-9(7-12-13)11(3,14)10(2)5-6-10/h7-8,14H,4-6H2,1-3H3. The molecule has 1 heterocycles. The number of aliphatic hydroxyl groups is 1. The third-order valence-corrected chi connectivity index (χ3v) is 3.69. The Balaban J connectivity index is 2.29. The predicted octanol–water partition coefficient (Wildman–Crippen LogP) is 1.91. The van der Waals surface area contributed by atoms with Crippen LogP contribution in [0.2, 0.25) is 0 Å². The molecule has 0 bridgehead atoms. The Hall–Kier alpha value is -0.830. The first-order valence-electron chi connectivity index (χ1n) is 5.25. The number of hydrogen-bond donors (Lipinski definition) is 1. The van der Waals surface area contributed by atoms with E-state index in [1.807, 2.05) is 24.7 Å². The topological polar surface area (TPSA) is 38.0 Å². The fourth-order valence-electron chi connectivity index (χ4n) is 1.81. The zero-order valence-corrected chi connectivity index (χ0v) is 9.12. The van der Waals surface area contributed by atoms with Crippen molar-refractivity contribution in [2.45, 2.75) is 45.8 Å². The largest absolute Gasteiger partial charge is 0.385 e. The van der Waals surface area contributed by atoms with Crippen LogP contribution in [0.4, 0.5) is 0 Å². The summed E-state index contributed by atoms with van der Waals surface area (Å²) in [7, 11) is 0. The molecule has 78 valence electrons. The van der Waals surface area contributed by atoms with Crippen LogP contribution in [0.1, 0.15) is 39.2 Å². The molecule has 1 N–H and O–H groups in total. The van der Waals surface area contributed by atoms with E-state index < -0.39 is 5.60 Å². The molecule has 1 aliphatic carbocycles. The smallest absolute Gasteiger partial charge is 0.0952 e. The first kappa shape index (κ1) is 9.71. The van der Waals surface area contributed by atoms with Crippen molar-refractivity contribution in [3.8, 4) is 0 Å². The first-order valence-corrected chi connectivity index (χ1v) is 5.25. The normalized spacial score (nSPS) is 23.1. The highest BCUT2D eigenvalue weighted by Gasteiger charge is 2.53. The maximum atomic E-state index is 10.4. The van der Waals surface area contributed by atoms with Crippen molar-refractivity contribution in [1.29, 1.82) is 0 Å². The van der Waals surface area contributed by atoms with Gasteiger partial charge in [0, 0.05) is 23.7 Å². The Labute approximate surface area is 84.7 Å². The summed E-state index contributed by atoms with van der Waals surface area (Å²) in [6.45, 7) is 6.93. The molecule has 1 saturated carbocycles. The molecule has 0 radical (unpaired) electrons. The molecule has 1 aromatic rings. The molecule has 1 fully saturated rings. The fraction of sp³-hybridized carbons (Fsp3) is 0.727. The van der Waals surface area contributed by atoms with Crippen LogP contribution < -0.4 is 0 Å². The Kier molecular flexibility index (Phi) is 1.96. The molecule has 2 rings (SSSR count). The zero-order chi connectivity index (χ0) is 10.4. The highest BCUT2D eigenvalue weighted by Crippen LogP contribution is 2.57. The van der Waals surface area contributed by atoms with Crippen LogP contribution in [-0.2, 0) is 12.1 Å². The van der Waals surface area contributed by atoms with Crippen molar-refractivity contribution in [2.75, 3.05) is 0 Å². The number of aryl methyl sites for hydroxylation is 1. The summed E-state index contributed by atoms with van der Waals surface area (Å²) in [6.07, 6.45) is 5.95. The molecule has 3 heteroatoms. The lowest BCUT2D eigenvalue weighted by molar-refractivity contribution is -0.0127. The maximum Gasteiger partial charge on any atom is 0.0952 e. The second-order valence-electron chi connectivity index (χ2n) is 4.72. The van der Waals surface area contributed by atoms with Crippen molar-refractivity contribution in [3.05, 3.63) is 18.0 Å². The lowest BCUT2D eigenvalue weighted by Gasteiger charge is -2.29. The van der Waals surface area contributed by atoms with Crippen LogP contribution in [0, 0.1) is 5.41 Å². The van der Waals surface area contributed by atoms with Crippen molar-refractivity contribution in [2.24, 2.45) is 5.41 Å². The molecule has 1 aromatic heterocycles. The van der Waals surface area contributed by atoms with E-state index >= 15 is 0 Å². The molecule has 14 heavy (non-hydrogen) atoms. The van der Waals surface area contributed by atoms with Crippen LogP contribution in [0.25, 0.3) is 0 Å². The van der Waals surface area contributed by atoms with Crippen LogP contribution in [0.5, 0.6) is 0 Å². The number of hydrogen-bond acceptors (Lipinski definition) is 2. The second kappa shape index (κ2) is 2.83. The molecule has 0 spiro atoms. The average molecular weight is 194 g/mol. The SMILES string of the molecule is CCn1cc(C(C)(O)C2(C)CC2)cn1. The predicted molar refractivity (Wildman–Crippen MR) is 54.8 cm³/mol. The molecule has 0 amide bonds. The molecule has 0 saturated heterocycles. The first-order chi connectivity index (χ1) is 6.49. The highest BCUT2D eigenvalue weighted by molar-refractivity contribution is 5.21. The Morgan fingerprint density at radius 3 is 2.71 bits per heavy atom. The van der Waals surface area contributed by atoms with Gasteiger partial charge in [-0.1, -0.05) is 6.92 Å². The van der Waals surface area contributed by atoms with Crippen molar-refractivity contribution in [1.82, 2.24) is 9.78 Å². The summed E-state index contributed by atoms with van der Waals surface area (Å²) >= 11 is 0. The van der Waals surface area contributed by atoms with E-state index in [1.165, 1.54) is 0 Å². The molecule has 1 atom stereocenters. The van der Waals surface area contributed by atoms with Gasteiger partial charge in [0.25, 0.3) is 0 Å². The van der Waals surface area contributed by atoms with Crippen molar-refractivity contribution >= 4 is 0 Å². The molecule has 0 aliphatic heterocycles. The third kappa shape index (κ3) is 1.27. The van der Waals surface area contributed by atoms with Gasteiger partial charge in [-0.3, -0.25) is 4.68 Å². The monoisotopic (exact) mass is 194 g/mol. The molecular weight excluding hydrogens is 176 g/mol. The van der Waals surface area contributed by atoms with E-state index in [0.717, 1.165) is 24.9 Å². The summed E-state index contributed by atoms with van der Waals surface area (Å²) in [5.41, 5.74) is 0.286. The van der Waals surface area contributed by atoms with E-state index in [0.29, 0.717) is 0 Å². The Bertz CT molecular complexity index is 337. The van der Waals surface area contributed by atoms with E-state index in [4.69, 9.17) is 0 Å². The summed E-state index contributed by atoms with van der Waals surface area (Å²) in [5, 5.41) is 14.6. The summed E-state index contributed by atoms with van der Waals surface area (Å²) in [5.74, 6) is 0. The quantitative estimate of drug-likeness (QED) is 0.798. The molecule has 1 unspecified atom stereocenters. The maximum absolute atomic E-state index is 10.4. The second-order valence-corrected chi connectivity index (χ2v) is 4.72. The van der Waals surface area contributed by atoms with Crippen LogP contribution in [0.3, 0.4) is 0 Å². The lowest BCUT2D eigenvalue weighted by atomic mass is 9.83. The number of nitrogens with zero attached hydrogens (tertiary/aromatic N) is 2. The molecule has 1 aliphatic rings. The van der Waals surface area contributed by atoms with Gasteiger partial charge in [-0.25, -0.2) is 0 Å². The summed E-state index contributed by atoms with van der Waals surface area (Å²) in [6, 6.07) is 0. The van der Waals surface area contributed by atoms with Gasteiger partial charge in [-0.15, -0.1) is 0 Å². The zero-order valence-electron chi connectivity index (χ0n) is 9.12. The summed E-state index contributed by atoms with van der Waals surface area (Å²) < 4.78 is 1.86. The fourth-order valence-corrected chi connectivity index (χ4v) is 1.81. The van der Waals surface area contributed by atoms with Crippen molar-refractivity contribution in [3.63, 3.8) is 0 Å². The van der Waals surface area contributed by atoms with E-state index in [-0.39, 0.29) is 5.41 Å². The lowest BCUT2D eigenvalue weighted by Crippen LogP contribution is -2.30. The van der Waals surface area contributed by atoms with E-state index in [9.17, 15) is 5.11 Å². The van der Waals surface area contributed by atoms with Crippen LogP contribution >= 0.6 is 0 Å². The Morgan fingerprint density at radius 2 is 2.29 bits per heavy atom. The molecular formula is C11H18N2O. The van der Waals surface area contributed by atoms with Gasteiger partial charge in [0.05, 0.1) is 11.8 Å². The third-order valence-electron chi connectivity index (χ3n) is 3.69. The molecule has 3 nitrogen and oxygen atoms in total. The van der Waals surface area contributed by atoms with Gasteiger partial charge in [-0.05, 0) is 26.7 Å². The van der Waals surface area contributed by atoms with Crippen molar-refractivity contribution < 1.29 is 5.11 Å². The highest BCUT2D eigenvalue weighted by atomic mass is 16.3. The minimum Gasteiger partial charge on any atom is -0.385 e. The van der Waals surface area contributed by atoms with Crippen LogP contribution in [0.15, 0.2) is 12.4 Å². The van der Waals surface area contributed by atoms with Gasteiger partial charge in [-0.2, -0.15) is 5.10 Å². The summed E-state index contributed by atoms with van der Waals surface area (Å²) in [4.78, 5) is 0. The minimum absolute atomic E-state index is 0.0641. The molecule has 0 aromatic carbocycles. The Morgan fingerprint density at radius 1 is 1.64 bits per heavy atom. The van der Waals surface area contributed by atoms with Gasteiger partial charge in [0.15, 0.2) is 0 Å². The van der Waals surface area contributed by atoms with Gasteiger partial charge >= 0.3 is 0 Å². The van der Waals surface area contributed by atoms with E-state index in [2.05, 4.69) is 12.0 Å². The van der Waals surface area contributed by atoms with Gasteiger partial charge < -0.3 is 5.11 Å².